The first kappa shape index (κ1) is 21.4. The molecule has 0 aromatic heterocycles. The lowest BCUT2D eigenvalue weighted by atomic mass is 10.0. The molecular weight excluding hydrogens is 366 g/mol. The Morgan fingerprint density at radius 2 is 1.86 bits per heavy atom. The van der Waals surface area contributed by atoms with Crippen LogP contribution in [0.3, 0.4) is 0 Å². The van der Waals surface area contributed by atoms with E-state index in [0.29, 0.717) is 12.5 Å². The maximum atomic E-state index is 12.5. The molecule has 0 saturated carbocycles. The number of benzene rings is 1. The molecule has 1 amide bonds. The van der Waals surface area contributed by atoms with Gasteiger partial charge < -0.3 is 25.2 Å². The zero-order chi connectivity index (χ0) is 20.6. The van der Waals surface area contributed by atoms with Crippen LogP contribution in [0.25, 0.3) is 0 Å². The van der Waals surface area contributed by atoms with Crippen LogP contribution >= 0.6 is 0 Å². The summed E-state index contributed by atoms with van der Waals surface area (Å²) in [4.78, 5) is 21.2. The van der Waals surface area contributed by atoms with Gasteiger partial charge in [-0.15, -0.1) is 0 Å². The summed E-state index contributed by atoms with van der Waals surface area (Å²) >= 11 is 0. The zero-order valence-corrected chi connectivity index (χ0v) is 17.9. The van der Waals surface area contributed by atoms with Crippen molar-refractivity contribution in [1.29, 1.82) is 0 Å². The number of hydrogen-bond acceptors (Lipinski definition) is 4. The fourth-order valence-electron chi connectivity index (χ4n) is 3.85. The fourth-order valence-corrected chi connectivity index (χ4v) is 3.85. The van der Waals surface area contributed by atoms with Crippen molar-refractivity contribution in [1.82, 2.24) is 15.1 Å². The molecule has 2 fully saturated rings. The van der Waals surface area contributed by atoms with Gasteiger partial charge in [0.05, 0.1) is 0 Å². The van der Waals surface area contributed by atoms with Crippen LogP contribution in [0.1, 0.15) is 26.7 Å². The van der Waals surface area contributed by atoms with Crippen molar-refractivity contribution in [3.05, 3.63) is 30.3 Å². The lowest BCUT2D eigenvalue weighted by Crippen LogP contribution is -2.56. The van der Waals surface area contributed by atoms with E-state index in [9.17, 15) is 4.79 Å². The van der Waals surface area contributed by atoms with Gasteiger partial charge in [-0.3, -0.25) is 9.79 Å². The number of rotatable bonds is 6. The number of hydrogen-bond donors (Lipinski definition) is 2. The summed E-state index contributed by atoms with van der Waals surface area (Å²) in [5, 5.41) is 7.14. The predicted molar refractivity (Wildman–Crippen MR) is 117 cm³/mol. The van der Waals surface area contributed by atoms with Crippen molar-refractivity contribution in [2.45, 2.75) is 38.8 Å². The Kier molecular flexibility index (Phi) is 7.75. The first-order valence-corrected chi connectivity index (χ1v) is 10.8. The molecule has 2 aliphatic rings. The molecule has 2 N–H and O–H groups in total. The number of amides is 1. The Morgan fingerprint density at radius 1 is 1.17 bits per heavy atom. The molecule has 0 bridgehead atoms. The van der Waals surface area contributed by atoms with Crippen molar-refractivity contribution < 1.29 is 9.53 Å². The Bertz CT molecular complexity index is 665. The standard InChI is InChI=1S/C22H35N5O2/c1-17(2)19(25-18-8-5-4-6-9-18)16-24-22(23-3)27-13-11-26(12-14-27)21(28)20-10-7-15-29-20/h4-6,8-9,17,19-20,25H,7,10-16H2,1-3H3,(H,23,24). The smallest absolute Gasteiger partial charge is 0.251 e. The molecule has 29 heavy (non-hydrogen) atoms. The third-order valence-electron chi connectivity index (χ3n) is 5.72. The minimum absolute atomic E-state index is 0.150. The number of ether oxygens (including phenoxy) is 1. The van der Waals surface area contributed by atoms with E-state index in [0.717, 1.165) is 57.2 Å². The van der Waals surface area contributed by atoms with Crippen molar-refractivity contribution in [3.63, 3.8) is 0 Å². The number of carbonyl (C=O) groups is 1. The monoisotopic (exact) mass is 401 g/mol. The molecule has 160 valence electrons. The number of carbonyl (C=O) groups excluding carboxylic acids is 1. The van der Waals surface area contributed by atoms with E-state index in [-0.39, 0.29) is 18.1 Å². The molecule has 2 atom stereocenters. The van der Waals surface area contributed by atoms with E-state index in [1.54, 1.807) is 0 Å². The maximum Gasteiger partial charge on any atom is 0.251 e. The third-order valence-corrected chi connectivity index (χ3v) is 5.72. The van der Waals surface area contributed by atoms with Crippen LogP contribution < -0.4 is 10.6 Å². The van der Waals surface area contributed by atoms with E-state index in [2.05, 4.69) is 46.5 Å². The van der Waals surface area contributed by atoms with Crippen LogP contribution in [-0.4, -0.2) is 80.2 Å². The molecule has 2 aliphatic heterocycles. The molecule has 2 heterocycles. The van der Waals surface area contributed by atoms with Gasteiger partial charge in [0.1, 0.15) is 6.10 Å². The van der Waals surface area contributed by atoms with Crippen molar-refractivity contribution in [2.75, 3.05) is 51.7 Å². The number of nitrogens with one attached hydrogen (secondary N) is 2. The van der Waals surface area contributed by atoms with E-state index in [1.165, 1.54) is 0 Å². The number of guanidine groups is 1. The molecule has 1 aromatic rings. The third kappa shape index (κ3) is 5.85. The highest BCUT2D eigenvalue weighted by molar-refractivity contribution is 5.82. The summed E-state index contributed by atoms with van der Waals surface area (Å²) < 4.78 is 5.55. The summed E-state index contributed by atoms with van der Waals surface area (Å²) in [5.74, 6) is 1.52. The highest BCUT2D eigenvalue weighted by atomic mass is 16.5. The number of anilines is 1. The quantitative estimate of drug-likeness (QED) is 0.564. The molecule has 0 radical (unpaired) electrons. The Hall–Kier alpha value is -2.28. The first-order valence-electron chi connectivity index (χ1n) is 10.8. The van der Waals surface area contributed by atoms with E-state index >= 15 is 0 Å². The number of aliphatic imine (C=N–C) groups is 1. The lowest BCUT2D eigenvalue weighted by molar-refractivity contribution is -0.142. The molecule has 0 aliphatic carbocycles. The van der Waals surface area contributed by atoms with Crippen LogP contribution in [0.4, 0.5) is 5.69 Å². The molecule has 3 rings (SSSR count). The highest BCUT2D eigenvalue weighted by Gasteiger charge is 2.31. The number of piperazine rings is 1. The molecule has 2 unspecified atom stereocenters. The number of nitrogens with zero attached hydrogens (tertiary/aromatic N) is 3. The van der Waals surface area contributed by atoms with Crippen LogP contribution in [-0.2, 0) is 9.53 Å². The molecule has 2 saturated heterocycles. The van der Waals surface area contributed by atoms with E-state index in [1.807, 2.05) is 30.1 Å². The summed E-state index contributed by atoms with van der Waals surface area (Å²) in [5.41, 5.74) is 1.13. The highest BCUT2D eigenvalue weighted by Crippen LogP contribution is 2.16. The maximum absolute atomic E-state index is 12.5. The second kappa shape index (κ2) is 10.5. The van der Waals surface area contributed by atoms with Crippen LogP contribution in [0, 0.1) is 5.92 Å². The Labute approximate surface area is 174 Å². The minimum Gasteiger partial charge on any atom is -0.380 e. The average Bonchev–Trinajstić information content (AvgIpc) is 3.29. The Balaban J connectivity index is 1.49. The zero-order valence-electron chi connectivity index (χ0n) is 17.9. The second-order valence-corrected chi connectivity index (χ2v) is 8.10. The van der Waals surface area contributed by atoms with Gasteiger partial charge in [-0.1, -0.05) is 32.0 Å². The number of para-hydroxylation sites is 1. The Morgan fingerprint density at radius 3 is 2.45 bits per heavy atom. The van der Waals surface area contributed by atoms with Gasteiger partial charge in [0.2, 0.25) is 0 Å². The van der Waals surface area contributed by atoms with E-state index < -0.39 is 0 Å². The molecule has 0 spiro atoms. The lowest BCUT2D eigenvalue weighted by Gasteiger charge is -2.37. The summed E-state index contributed by atoms with van der Waals surface area (Å²) in [6.07, 6.45) is 1.61. The first-order chi connectivity index (χ1) is 14.1. The van der Waals surface area contributed by atoms with Gasteiger partial charge in [0.15, 0.2) is 5.96 Å². The van der Waals surface area contributed by atoms with Crippen LogP contribution in [0.5, 0.6) is 0 Å². The van der Waals surface area contributed by atoms with Crippen molar-refractivity contribution in [2.24, 2.45) is 10.9 Å². The normalized spacial score (nSPS) is 21.4. The second-order valence-electron chi connectivity index (χ2n) is 8.10. The van der Waals surface area contributed by atoms with Gasteiger partial charge in [0, 0.05) is 58.1 Å². The van der Waals surface area contributed by atoms with Crippen molar-refractivity contribution >= 4 is 17.6 Å². The van der Waals surface area contributed by atoms with Crippen LogP contribution in [0.2, 0.25) is 0 Å². The largest absolute Gasteiger partial charge is 0.380 e. The van der Waals surface area contributed by atoms with Gasteiger partial charge in [-0.25, -0.2) is 0 Å². The molecular formula is C22H35N5O2. The van der Waals surface area contributed by atoms with Gasteiger partial charge in [-0.2, -0.15) is 0 Å². The molecule has 7 nitrogen and oxygen atoms in total. The topological polar surface area (TPSA) is 69.2 Å². The van der Waals surface area contributed by atoms with E-state index in [4.69, 9.17) is 4.74 Å². The summed E-state index contributed by atoms with van der Waals surface area (Å²) in [6, 6.07) is 10.6. The van der Waals surface area contributed by atoms with Gasteiger partial charge in [0.25, 0.3) is 5.91 Å². The fraction of sp³-hybridized carbons (Fsp3) is 0.636. The molecule has 1 aromatic carbocycles. The summed E-state index contributed by atoms with van der Waals surface area (Å²) in [7, 11) is 1.82. The molecule has 7 heteroatoms. The predicted octanol–water partition coefficient (Wildman–Crippen LogP) is 2.02. The SMILES string of the molecule is CN=C(NCC(Nc1ccccc1)C(C)C)N1CCN(C(=O)C2CCCO2)CC1. The minimum atomic E-state index is -0.227. The van der Waals surface area contributed by atoms with Gasteiger partial charge in [-0.05, 0) is 30.9 Å². The van der Waals surface area contributed by atoms with Gasteiger partial charge >= 0.3 is 0 Å². The average molecular weight is 402 g/mol. The van der Waals surface area contributed by atoms with Crippen LogP contribution in [0.15, 0.2) is 35.3 Å². The summed E-state index contributed by atoms with van der Waals surface area (Å²) in [6.45, 7) is 8.95. The van der Waals surface area contributed by atoms with Crippen molar-refractivity contribution in [3.8, 4) is 0 Å².